The molecule has 0 bridgehead atoms. The summed E-state index contributed by atoms with van der Waals surface area (Å²) in [5.74, 6) is 0.0892. The molecule has 0 radical (unpaired) electrons. The van der Waals surface area contributed by atoms with Gasteiger partial charge in [-0.25, -0.2) is 4.98 Å². The summed E-state index contributed by atoms with van der Waals surface area (Å²) in [4.78, 5) is 3.70. The molecule has 1 aromatic rings. The van der Waals surface area contributed by atoms with Crippen molar-refractivity contribution in [3.05, 3.63) is 36.8 Å². The molecule has 0 atom stereocenters. The zero-order valence-corrected chi connectivity index (χ0v) is 8.55. The topological polar surface area (TPSA) is 24.9 Å². The average molecular weight is 194 g/mol. The van der Waals surface area contributed by atoms with Crippen molar-refractivity contribution in [3.8, 4) is 0 Å². The van der Waals surface area contributed by atoms with E-state index in [2.05, 4.69) is 16.9 Å². The summed E-state index contributed by atoms with van der Waals surface area (Å²) < 4.78 is 12.7. The maximum Gasteiger partial charge on any atom is 0.214 e. The van der Waals surface area contributed by atoms with E-state index in [1.165, 1.54) is 6.07 Å². The minimum atomic E-state index is -0.466. The Kier molecular flexibility index (Phi) is 3.23. The van der Waals surface area contributed by atoms with E-state index in [9.17, 15) is 4.39 Å². The van der Waals surface area contributed by atoms with E-state index in [4.69, 9.17) is 0 Å². The van der Waals surface area contributed by atoms with Crippen molar-refractivity contribution >= 4 is 5.82 Å². The fourth-order valence-electron chi connectivity index (χ4n) is 0.897. The second-order valence-electron chi connectivity index (χ2n) is 3.89. The maximum atomic E-state index is 12.7. The van der Waals surface area contributed by atoms with Gasteiger partial charge in [-0.15, -0.1) is 6.58 Å². The highest BCUT2D eigenvalue weighted by Gasteiger charge is 2.12. The largest absolute Gasteiger partial charge is 0.369 e. The molecule has 0 amide bonds. The van der Waals surface area contributed by atoms with Gasteiger partial charge in [-0.3, -0.25) is 0 Å². The molecule has 0 aliphatic carbocycles. The summed E-state index contributed by atoms with van der Waals surface area (Å²) in [7, 11) is 0. The normalized spacial score (nSPS) is 11.1. The molecule has 3 heteroatoms. The van der Waals surface area contributed by atoms with Crippen molar-refractivity contribution in [2.45, 2.75) is 13.8 Å². The molecule has 1 rings (SSSR count). The predicted octanol–water partition coefficient (Wildman–Crippen LogP) is 2.84. The lowest BCUT2D eigenvalue weighted by atomic mass is 9.94. The average Bonchev–Trinajstić information content (AvgIpc) is 2.15. The van der Waals surface area contributed by atoms with Crippen LogP contribution >= 0.6 is 0 Å². The highest BCUT2D eigenvalue weighted by molar-refractivity contribution is 5.34. The molecule has 0 unspecified atom stereocenters. The second-order valence-corrected chi connectivity index (χ2v) is 3.89. The van der Waals surface area contributed by atoms with Crippen LogP contribution in [0.25, 0.3) is 0 Å². The van der Waals surface area contributed by atoms with Gasteiger partial charge < -0.3 is 5.32 Å². The molecule has 14 heavy (non-hydrogen) atoms. The number of aromatic nitrogens is 1. The molecule has 0 saturated heterocycles. The van der Waals surface area contributed by atoms with Crippen molar-refractivity contribution in [2.24, 2.45) is 5.41 Å². The number of hydrogen-bond acceptors (Lipinski definition) is 2. The van der Waals surface area contributed by atoms with Gasteiger partial charge in [0.25, 0.3) is 0 Å². The third-order valence-electron chi connectivity index (χ3n) is 1.99. The van der Waals surface area contributed by atoms with E-state index in [1.54, 1.807) is 12.1 Å². The third kappa shape index (κ3) is 3.17. The summed E-state index contributed by atoms with van der Waals surface area (Å²) in [6.45, 7) is 8.51. The fraction of sp³-hybridized carbons (Fsp3) is 0.364. The zero-order valence-electron chi connectivity index (χ0n) is 8.55. The van der Waals surface area contributed by atoms with Gasteiger partial charge in [0.05, 0.1) is 0 Å². The van der Waals surface area contributed by atoms with E-state index < -0.39 is 5.95 Å². The molecule has 0 saturated carbocycles. The Labute approximate surface area is 83.9 Å². The highest BCUT2D eigenvalue weighted by Crippen LogP contribution is 2.16. The van der Waals surface area contributed by atoms with Crippen LogP contribution in [0.2, 0.25) is 0 Å². The quantitative estimate of drug-likeness (QED) is 0.589. The smallest absolute Gasteiger partial charge is 0.214 e. The van der Waals surface area contributed by atoms with Crippen molar-refractivity contribution in [3.63, 3.8) is 0 Å². The first-order valence-electron chi connectivity index (χ1n) is 4.53. The highest BCUT2D eigenvalue weighted by atomic mass is 19.1. The first kappa shape index (κ1) is 10.7. The van der Waals surface area contributed by atoms with Crippen molar-refractivity contribution in [1.29, 1.82) is 0 Å². The molecule has 0 aliphatic rings. The number of nitrogens with zero attached hydrogens (tertiary/aromatic N) is 1. The Hall–Kier alpha value is -1.38. The lowest BCUT2D eigenvalue weighted by molar-refractivity contribution is 0.511. The number of hydrogen-bond donors (Lipinski definition) is 1. The van der Waals surface area contributed by atoms with Crippen LogP contribution in [0.3, 0.4) is 0 Å². The molecule has 0 fully saturated rings. The lowest BCUT2D eigenvalue weighted by Gasteiger charge is -2.20. The molecule has 1 heterocycles. The molecule has 0 aliphatic heterocycles. The fourth-order valence-corrected chi connectivity index (χ4v) is 0.897. The molecule has 0 spiro atoms. The van der Waals surface area contributed by atoms with Crippen molar-refractivity contribution in [1.82, 2.24) is 4.98 Å². The van der Waals surface area contributed by atoms with Crippen LogP contribution < -0.4 is 5.32 Å². The van der Waals surface area contributed by atoms with E-state index in [0.717, 1.165) is 0 Å². The SMILES string of the molecule is C=CC(C)(C)CNc1cccc(F)n1. The van der Waals surface area contributed by atoms with Gasteiger partial charge >= 0.3 is 0 Å². The number of nitrogens with one attached hydrogen (secondary N) is 1. The first-order chi connectivity index (χ1) is 6.53. The van der Waals surface area contributed by atoms with Gasteiger partial charge in [0.2, 0.25) is 5.95 Å². The number of anilines is 1. The Morgan fingerprint density at radius 1 is 1.57 bits per heavy atom. The summed E-state index contributed by atoms with van der Waals surface area (Å²) in [6.07, 6.45) is 1.86. The van der Waals surface area contributed by atoms with E-state index in [0.29, 0.717) is 12.4 Å². The van der Waals surface area contributed by atoms with Gasteiger partial charge in [-0.2, -0.15) is 4.39 Å². The van der Waals surface area contributed by atoms with Gasteiger partial charge in [0, 0.05) is 6.54 Å². The zero-order chi connectivity index (χ0) is 10.6. The van der Waals surface area contributed by atoms with Gasteiger partial charge in [0.1, 0.15) is 5.82 Å². The van der Waals surface area contributed by atoms with Gasteiger partial charge in [-0.1, -0.05) is 26.0 Å². The lowest BCUT2D eigenvalue weighted by Crippen LogP contribution is -2.20. The number of rotatable bonds is 4. The van der Waals surface area contributed by atoms with E-state index >= 15 is 0 Å². The number of halogens is 1. The molecule has 1 N–H and O–H groups in total. The minimum Gasteiger partial charge on any atom is -0.369 e. The monoisotopic (exact) mass is 194 g/mol. The second kappa shape index (κ2) is 4.22. The first-order valence-corrected chi connectivity index (χ1v) is 4.53. The van der Waals surface area contributed by atoms with E-state index in [1.807, 2.05) is 19.9 Å². The summed E-state index contributed by atoms with van der Waals surface area (Å²) >= 11 is 0. The standard InChI is InChI=1S/C11H15FN2/c1-4-11(2,3)8-13-10-7-5-6-9(12)14-10/h4-7H,1,8H2,2-3H3,(H,13,14). The maximum absolute atomic E-state index is 12.7. The Balaban J connectivity index is 2.58. The van der Waals surface area contributed by atoms with Crippen LogP contribution in [0.5, 0.6) is 0 Å². The Bertz CT molecular complexity index is 321. The van der Waals surface area contributed by atoms with Crippen LogP contribution in [0, 0.1) is 11.4 Å². The van der Waals surface area contributed by atoms with Crippen LogP contribution in [-0.4, -0.2) is 11.5 Å². The molecule has 2 nitrogen and oxygen atoms in total. The molecule has 76 valence electrons. The van der Waals surface area contributed by atoms with E-state index in [-0.39, 0.29) is 5.41 Å². The molecular formula is C11H15FN2. The van der Waals surface area contributed by atoms with Crippen LogP contribution in [0.4, 0.5) is 10.2 Å². The Morgan fingerprint density at radius 3 is 2.86 bits per heavy atom. The molecule has 1 aromatic heterocycles. The summed E-state index contributed by atoms with van der Waals surface area (Å²) in [5.41, 5.74) is -0.0198. The summed E-state index contributed by atoms with van der Waals surface area (Å²) in [6, 6.07) is 4.69. The Morgan fingerprint density at radius 2 is 2.29 bits per heavy atom. The molecular weight excluding hydrogens is 179 g/mol. The van der Waals surface area contributed by atoms with Crippen LogP contribution in [0.1, 0.15) is 13.8 Å². The summed E-state index contributed by atoms with van der Waals surface area (Å²) in [5, 5.41) is 3.05. The third-order valence-corrected chi connectivity index (χ3v) is 1.99. The molecule has 0 aromatic carbocycles. The van der Waals surface area contributed by atoms with Gasteiger partial charge in [0.15, 0.2) is 0 Å². The minimum absolute atomic E-state index is 0.0198. The number of pyridine rings is 1. The van der Waals surface area contributed by atoms with Crippen molar-refractivity contribution < 1.29 is 4.39 Å². The van der Waals surface area contributed by atoms with Gasteiger partial charge in [-0.05, 0) is 17.5 Å². The van der Waals surface area contributed by atoms with Crippen LogP contribution in [-0.2, 0) is 0 Å². The van der Waals surface area contributed by atoms with Crippen LogP contribution in [0.15, 0.2) is 30.9 Å². The predicted molar refractivity (Wildman–Crippen MR) is 56.7 cm³/mol. The van der Waals surface area contributed by atoms with Crippen molar-refractivity contribution in [2.75, 3.05) is 11.9 Å².